The van der Waals surface area contributed by atoms with Gasteiger partial charge in [0, 0.05) is 10.6 Å². The molecule has 0 bridgehead atoms. The number of rotatable bonds is 3. The van der Waals surface area contributed by atoms with Gasteiger partial charge in [0.15, 0.2) is 5.84 Å². The van der Waals surface area contributed by atoms with Gasteiger partial charge in [-0.1, -0.05) is 28.4 Å². The van der Waals surface area contributed by atoms with E-state index in [4.69, 9.17) is 38.9 Å². The van der Waals surface area contributed by atoms with Crippen LogP contribution in [0.4, 0.5) is 0 Å². The van der Waals surface area contributed by atoms with Crippen LogP contribution in [0.3, 0.4) is 0 Å². The topological polar surface area (TPSA) is 67.8 Å². The van der Waals surface area contributed by atoms with Crippen molar-refractivity contribution in [3.8, 4) is 11.5 Å². The molecule has 0 aromatic heterocycles. The molecule has 0 aliphatic carbocycles. The number of oxime groups is 1. The summed E-state index contributed by atoms with van der Waals surface area (Å²) in [6.45, 7) is 0. The second kappa shape index (κ2) is 5.82. The van der Waals surface area contributed by atoms with Gasteiger partial charge < -0.3 is 15.7 Å². The molecular weight excluding hydrogens is 287 g/mol. The molecule has 2 rings (SSSR count). The Kier molecular flexibility index (Phi) is 4.14. The SMILES string of the molecule is NC(=NO)c1ccc(Oc2ccc(Cl)cc2)c(Cl)c1. The first kappa shape index (κ1) is 13.5. The summed E-state index contributed by atoms with van der Waals surface area (Å²) >= 11 is 11.9. The zero-order valence-electron chi connectivity index (χ0n) is 9.68. The van der Waals surface area contributed by atoms with Crippen LogP contribution in [0.1, 0.15) is 5.56 Å². The highest BCUT2D eigenvalue weighted by Gasteiger charge is 2.07. The number of nitrogens with zero attached hydrogens (tertiary/aromatic N) is 1. The van der Waals surface area contributed by atoms with Crippen molar-refractivity contribution >= 4 is 29.0 Å². The van der Waals surface area contributed by atoms with Gasteiger partial charge >= 0.3 is 0 Å². The van der Waals surface area contributed by atoms with E-state index in [0.29, 0.717) is 27.1 Å². The molecule has 0 atom stereocenters. The summed E-state index contributed by atoms with van der Waals surface area (Å²) in [5.74, 6) is 1.07. The fraction of sp³-hybridized carbons (Fsp3) is 0. The van der Waals surface area contributed by atoms with Crippen molar-refractivity contribution in [2.75, 3.05) is 0 Å². The molecule has 19 heavy (non-hydrogen) atoms. The minimum absolute atomic E-state index is 0.0139. The van der Waals surface area contributed by atoms with Crippen LogP contribution >= 0.6 is 23.2 Å². The largest absolute Gasteiger partial charge is 0.456 e. The van der Waals surface area contributed by atoms with Gasteiger partial charge in [0.25, 0.3) is 0 Å². The standard InChI is InChI=1S/C13H10Cl2N2O2/c14-9-2-4-10(5-3-9)19-12-6-1-8(7-11(12)15)13(16)17-18/h1-7,18H,(H2,16,17). The van der Waals surface area contributed by atoms with E-state index >= 15 is 0 Å². The predicted octanol–water partition coefficient (Wildman–Crippen LogP) is 3.88. The molecule has 0 saturated carbocycles. The maximum Gasteiger partial charge on any atom is 0.170 e. The fourth-order valence-electron chi connectivity index (χ4n) is 1.43. The van der Waals surface area contributed by atoms with Crippen molar-refractivity contribution in [1.29, 1.82) is 0 Å². The van der Waals surface area contributed by atoms with Crippen LogP contribution in [0, 0.1) is 0 Å². The Balaban J connectivity index is 2.24. The summed E-state index contributed by atoms with van der Waals surface area (Å²) in [6, 6.07) is 11.7. The van der Waals surface area contributed by atoms with Gasteiger partial charge in [-0.05, 0) is 42.5 Å². The van der Waals surface area contributed by atoms with Crippen molar-refractivity contribution in [3.63, 3.8) is 0 Å². The van der Waals surface area contributed by atoms with Gasteiger partial charge in [-0.2, -0.15) is 0 Å². The van der Waals surface area contributed by atoms with E-state index in [1.807, 2.05) is 0 Å². The Bertz CT molecular complexity index is 613. The van der Waals surface area contributed by atoms with Crippen molar-refractivity contribution in [2.45, 2.75) is 0 Å². The summed E-state index contributed by atoms with van der Waals surface area (Å²) in [6.07, 6.45) is 0. The molecule has 2 aromatic carbocycles. The van der Waals surface area contributed by atoms with E-state index in [1.54, 1.807) is 42.5 Å². The first-order chi connectivity index (χ1) is 9.10. The molecule has 0 fully saturated rings. The smallest absolute Gasteiger partial charge is 0.170 e. The fourth-order valence-corrected chi connectivity index (χ4v) is 1.78. The number of halogens is 2. The average molecular weight is 297 g/mol. The van der Waals surface area contributed by atoms with Crippen molar-refractivity contribution < 1.29 is 9.94 Å². The van der Waals surface area contributed by atoms with Crippen LogP contribution < -0.4 is 10.5 Å². The molecule has 0 aliphatic rings. The zero-order valence-corrected chi connectivity index (χ0v) is 11.2. The predicted molar refractivity (Wildman–Crippen MR) is 75.5 cm³/mol. The lowest BCUT2D eigenvalue weighted by Crippen LogP contribution is -2.12. The van der Waals surface area contributed by atoms with Gasteiger partial charge in [0.2, 0.25) is 0 Å². The molecule has 6 heteroatoms. The van der Waals surface area contributed by atoms with Crippen LogP contribution in [0.5, 0.6) is 11.5 Å². The third-order valence-electron chi connectivity index (χ3n) is 2.38. The van der Waals surface area contributed by atoms with Gasteiger partial charge in [-0.15, -0.1) is 0 Å². The summed E-state index contributed by atoms with van der Waals surface area (Å²) in [7, 11) is 0. The van der Waals surface area contributed by atoms with E-state index < -0.39 is 0 Å². The second-order valence-corrected chi connectivity index (χ2v) is 4.53. The van der Waals surface area contributed by atoms with E-state index in [-0.39, 0.29) is 5.84 Å². The summed E-state index contributed by atoms with van der Waals surface area (Å²) in [5.41, 5.74) is 5.98. The minimum atomic E-state index is -0.0139. The van der Waals surface area contributed by atoms with Crippen LogP contribution in [0.2, 0.25) is 10.0 Å². The molecule has 98 valence electrons. The second-order valence-electron chi connectivity index (χ2n) is 3.69. The molecule has 0 amide bonds. The number of ether oxygens (including phenoxy) is 1. The maximum atomic E-state index is 8.59. The Morgan fingerprint density at radius 3 is 2.37 bits per heavy atom. The quantitative estimate of drug-likeness (QED) is 0.391. The Morgan fingerprint density at radius 1 is 1.11 bits per heavy atom. The van der Waals surface area contributed by atoms with Gasteiger partial charge in [0.1, 0.15) is 11.5 Å². The molecule has 0 aliphatic heterocycles. The number of nitrogens with two attached hydrogens (primary N) is 1. The summed E-state index contributed by atoms with van der Waals surface area (Å²) in [4.78, 5) is 0. The van der Waals surface area contributed by atoms with Gasteiger partial charge in [-0.3, -0.25) is 0 Å². The molecular formula is C13H10Cl2N2O2. The number of hydrogen-bond donors (Lipinski definition) is 2. The first-order valence-corrected chi connectivity index (χ1v) is 6.06. The highest BCUT2D eigenvalue weighted by Crippen LogP contribution is 2.30. The lowest BCUT2D eigenvalue weighted by Gasteiger charge is -2.08. The molecule has 0 saturated heterocycles. The highest BCUT2D eigenvalue weighted by molar-refractivity contribution is 6.32. The summed E-state index contributed by atoms with van der Waals surface area (Å²) in [5, 5.41) is 12.5. The van der Waals surface area contributed by atoms with Crippen LogP contribution in [0.25, 0.3) is 0 Å². The monoisotopic (exact) mass is 296 g/mol. The lowest BCUT2D eigenvalue weighted by molar-refractivity contribution is 0.318. The third-order valence-corrected chi connectivity index (χ3v) is 2.92. The number of amidine groups is 1. The molecule has 4 nitrogen and oxygen atoms in total. The number of hydrogen-bond acceptors (Lipinski definition) is 3. The molecule has 0 radical (unpaired) electrons. The van der Waals surface area contributed by atoms with Crippen molar-refractivity contribution in [1.82, 2.24) is 0 Å². The van der Waals surface area contributed by atoms with Crippen molar-refractivity contribution in [2.24, 2.45) is 10.9 Å². The highest BCUT2D eigenvalue weighted by atomic mass is 35.5. The van der Waals surface area contributed by atoms with Crippen LogP contribution in [-0.2, 0) is 0 Å². The molecule has 3 N–H and O–H groups in total. The van der Waals surface area contributed by atoms with Crippen LogP contribution in [0.15, 0.2) is 47.6 Å². The van der Waals surface area contributed by atoms with E-state index in [2.05, 4.69) is 5.16 Å². The maximum absolute atomic E-state index is 8.59. The molecule has 0 spiro atoms. The van der Waals surface area contributed by atoms with Gasteiger partial charge in [0.05, 0.1) is 5.02 Å². The Labute approximate surface area is 120 Å². The minimum Gasteiger partial charge on any atom is -0.456 e. The Morgan fingerprint density at radius 2 is 1.79 bits per heavy atom. The van der Waals surface area contributed by atoms with E-state index in [9.17, 15) is 0 Å². The molecule has 2 aromatic rings. The lowest BCUT2D eigenvalue weighted by atomic mass is 10.2. The molecule has 0 unspecified atom stereocenters. The van der Waals surface area contributed by atoms with Crippen molar-refractivity contribution in [3.05, 3.63) is 58.1 Å². The Hall–Kier alpha value is -1.91. The summed E-state index contributed by atoms with van der Waals surface area (Å²) < 4.78 is 5.60. The molecule has 0 heterocycles. The zero-order chi connectivity index (χ0) is 13.8. The number of benzene rings is 2. The first-order valence-electron chi connectivity index (χ1n) is 5.31. The van der Waals surface area contributed by atoms with E-state index in [1.165, 1.54) is 0 Å². The third kappa shape index (κ3) is 3.30. The van der Waals surface area contributed by atoms with Gasteiger partial charge in [-0.25, -0.2) is 0 Å². The van der Waals surface area contributed by atoms with E-state index in [0.717, 1.165) is 0 Å². The average Bonchev–Trinajstić information content (AvgIpc) is 2.42. The van der Waals surface area contributed by atoms with Crippen LogP contribution in [-0.4, -0.2) is 11.0 Å². The normalized spacial score (nSPS) is 11.4.